The van der Waals surface area contributed by atoms with E-state index in [9.17, 15) is 22.8 Å². The van der Waals surface area contributed by atoms with Gasteiger partial charge in [0.05, 0.1) is 0 Å². The lowest BCUT2D eigenvalue weighted by Gasteiger charge is -2.08. The fourth-order valence-corrected chi connectivity index (χ4v) is 1.36. The Balaban J connectivity index is 2.55. The quantitative estimate of drug-likeness (QED) is 0.863. The number of carboxylic acids is 1. The van der Waals surface area contributed by atoms with E-state index < -0.39 is 24.6 Å². The minimum absolute atomic E-state index is 0.0420. The van der Waals surface area contributed by atoms with Crippen molar-refractivity contribution in [2.24, 2.45) is 0 Å². The number of carbonyl (C=O) groups is 2. The highest BCUT2D eigenvalue weighted by Gasteiger charge is 2.27. The van der Waals surface area contributed by atoms with Crippen molar-refractivity contribution in [1.82, 2.24) is 5.32 Å². The SMILES string of the molecule is O=C(O)CCc1ccc(C(=O)NCC(F)(F)F)cc1. The van der Waals surface area contributed by atoms with Crippen molar-refractivity contribution in [3.63, 3.8) is 0 Å². The Morgan fingerprint density at radius 1 is 1.16 bits per heavy atom. The van der Waals surface area contributed by atoms with Gasteiger partial charge >= 0.3 is 12.1 Å². The van der Waals surface area contributed by atoms with Crippen molar-refractivity contribution in [2.45, 2.75) is 19.0 Å². The second-order valence-electron chi connectivity index (χ2n) is 3.89. The molecule has 4 nitrogen and oxygen atoms in total. The Kier molecular flexibility index (Phi) is 4.91. The summed E-state index contributed by atoms with van der Waals surface area (Å²) < 4.78 is 35.7. The summed E-state index contributed by atoms with van der Waals surface area (Å²) in [5.41, 5.74) is 0.804. The maximum absolute atomic E-state index is 11.9. The summed E-state index contributed by atoms with van der Waals surface area (Å²) in [6, 6.07) is 5.77. The smallest absolute Gasteiger partial charge is 0.405 e. The number of benzene rings is 1. The molecule has 0 aromatic heterocycles. The average molecular weight is 275 g/mol. The molecule has 0 radical (unpaired) electrons. The molecule has 1 amide bonds. The highest BCUT2D eigenvalue weighted by Crippen LogP contribution is 2.13. The van der Waals surface area contributed by atoms with Crippen LogP contribution >= 0.6 is 0 Å². The number of hydrogen-bond donors (Lipinski definition) is 2. The fourth-order valence-electron chi connectivity index (χ4n) is 1.36. The number of rotatable bonds is 5. The molecule has 1 aromatic carbocycles. The molecule has 19 heavy (non-hydrogen) atoms. The van der Waals surface area contributed by atoms with Crippen molar-refractivity contribution in [1.29, 1.82) is 0 Å². The van der Waals surface area contributed by atoms with E-state index in [0.717, 1.165) is 0 Å². The largest absolute Gasteiger partial charge is 0.481 e. The number of carbonyl (C=O) groups excluding carboxylic acids is 1. The van der Waals surface area contributed by atoms with Crippen LogP contribution < -0.4 is 5.32 Å². The third kappa shape index (κ3) is 5.89. The Hall–Kier alpha value is -2.05. The number of aliphatic carboxylic acids is 1. The average Bonchev–Trinajstić information content (AvgIpc) is 2.33. The van der Waals surface area contributed by atoms with Crippen molar-refractivity contribution >= 4 is 11.9 Å². The topological polar surface area (TPSA) is 66.4 Å². The molecule has 0 unspecified atom stereocenters. The van der Waals surface area contributed by atoms with Crippen LogP contribution in [-0.2, 0) is 11.2 Å². The molecule has 104 valence electrons. The zero-order valence-corrected chi connectivity index (χ0v) is 9.83. The summed E-state index contributed by atoms with van der Waals surface area (Å²) >= 11 is 0. The van der Waals surface area contributed by atoms with E-state index in [1.165, 1.54) is 24.3 Å². The molecule has 0 atom stereocenters. The molecule has 0 heterocycles. The van der Waals surface area contributed by atoms with Crippen LogP contribution in [0, 0.1) is 0 Å². The summed E-state index contributed by atoms with van der Waals surface area (Å²) in [4.78, 5) is 21.7. The van der Waals surface area contributed by atoms with E-state index in [4.69, 9.17) is 5.11 Å². The zero-order valence-electron chi connectivity index (χ0n) is 9.83. The van der Waals surface area contributed by atoms with Gasteiger partial charge < -0.3 is 10.4 Å². The van der Waals surface area contributed by atoms with Gasteiger partial charge in [-0.1, -0.05) is 12.1 Å². The van der Waals surface area contributed by atoms with Gasteiger partial charge in [-0.3, -0.25) is 9.59 Å². The van der Waals surface area contributed by atoms with E-state index >= 15 is 0 Å². The first kappa shape index (κ1) is 15.0. The van der Waals surface area contributed by atoms with Crippen LogP contribution in [-0.4, -0.2) is 29.7 Å². The Bertz CT molecular complexity index is 454. The summed E-state index contributed by atoms with van der Waals surface area (Å²) in [6.45, 7) is -1.38. The van der Waals surface area contributed by atoms with Crippen LogP contribution in [0.25, 0.3) is 0 Å². The minimum atomic E-state index is -4.45. The number of aryl methyl sites for hydroxylation is 1. The first-order valence-corrected chi connectivity index (χ1v) is 5.43. The molecule has 1 rings (SSSR count). The molecule has 7 heteroatoms. The molecule has 2 N–H and O–H groups in total. The first-order chi connectivity index (χ1) is 8.78. The third-order valence-electron chi connectivity index (χ3n) is 2.29. The number of alkyl halides is 3. The Labute approximate surface area is 107 Å². The predicted molar refractivity (Wildman–Crippen MR) is 60.8 cm³/mol. The fraction of sp³-hybridized carbons (Fsp3) is 0.333. The van der Waals surface area contributed by atoms with Crippen molar-refractivity contribution in [3.8, 4) is 0 Å². The number of carboxylic acid groups (broad SMARTS) is 1. The lowest BCUT2D eigenvalue weighted by Crippen LogP contribution is -2.33. The van der Waals surface area contributed by atoms with Crippen molar-refractivity contribution < 1.29 is 27.9 Å². The molecule has 0 aliphatic carbocycles. The predicted octanol–water partition coefficient (Wildman–Crippen LogP) is 2.00. The van der Waals surface area contributed by atoms with Crippen molar-refractivity contribution in [2.75, 3.05) is 6.54 Å². The zero-order chi connectivity index (χ0) is 14.5. The molecule has 1 aromatic rings. The van der Waals surface area contributed by atoms with Crippen LogP contribution in [0.15, 0.2) is 24.3 Å². The monoisotopic (exact) mass is 275 g/mol. The van der Waals surface area contributed by atoms with E-state index in [1.54, 1.807) is 5.32 Å². The van der Waals surface area contributed by atoms with Crippen LogP contribution in [0.4, 0.5) is 13.2 Å². The lowest BCUT2D eigenvalue weighted by molar-refractivity contribution is -0.137. The summed E-state index contributed by atoms with van der Waals surface area (Å²) in [6.07, 6.45) is -4.18. The number of nitrogens with one attached hydrogen (secondary N) is 1. The standard InChI is InChI=1S/C12H12F3NO3/c13-12(14,15)7-16-11(19)9-4-1-8(2-5-9)3-6-10(17)18/h1-2,4-5H,3,6-7H2,(H,16,19)(H,17,18). The van der Waals surface area contributed by atoms with Gasteiger partial charge in [-0.15, -0.1) is 0 Å². The molecular weight excluding hydrogens is 263 g/mol. The van der Waals surface area contributed by atoms with E-state index in [1.807, 2.05) is 0 Å². The van der Waals surface area contributed by atoms with Gasteiger partial charge in [0.15, 0.2) is 0 Å². The maximum Gasteiger partial charge on any atom is 0.405 e. The molecule has 0 aliphatic rings. The van der Waals surface area contributed by atoms with E-state index in [-0.39, 0.29) is 12.0 Å². The molecule has 0 saturated heterocycles. The number of hydrogen-bond acceptors (Lipinski definition) is 2. The van der Waals surface area contributed by atoms with Gasteiger partial charge in [0, 0.05) is 12.0 Å². The van der Waals surface area contributed by atoms with Crippen molar-refractivity contribution in [3.05, 3.63) is 35.4 Å². The second kappa shape index (κ2) is 6.21. The van der Waals surface area contributed by atoms with Crippen LogP contribution in [0.3, 0.4) is 0 Å². The number of halogens is 3. The molecule has 0 fully saturated rings. The van der Waals surface area contributed by atoms with Gasteiger partial charge in [0.25, 0.3) is 5.91 Å². The van der Waals surface area contributed by atoms with Gasteiger partial charge in [0.2, 0.25) is 0 Å². The van der Waals surface area contributed by atoms with E-state index in [2.05, 4.69) is 0 Å². The minimum Gasteiger partial charge on any atom is -0.481 e. The van der Waals surface area contributed by atoms with Crippen LogP contribution in [0.2, 0.25) is 0 Å². The lowest BCUT2D eigenvalue weighted by atomic mass is 10.1. The highest BCUT2D eigenvalue weighted by atomic mass is 19.4. The van der Waals surface area contributed by atoms with E-state index in [0.29, 0.717) is 12.0 Å². The van der Waals surface area contributed by atoms with Gasteiger partial charge in [0.1, 0.15) is 6.54 Å². The molecular formula is C12H12F3NO3. The molecule has 0 aliphatic heterocycles. The van der Waals surface area contributed by atoms with Gasteiger partial charge in [-0.2, -0.15) is 13.2 Å². The van der Waals surface area contributed by atoms with Crippen LogP contribution in [0.5, 0.6) is 0 Å². The third-order valence-corrected chi connectivity index (χ3v) is 2.29. The molecule has 0 saturated carbocycles. The summed E-state index contributed by atoms with van der Waals surface area (Å²) in [5, 5.41) is 10.2. The highest BCUT2D eigenvalue weighted by molar-refractivity contribution is 5.94. The summed E-state index contributed by atoms with van der Waals surface area (Å²) in [7, 11) is 0. The molecule has 0 spiro atoms. The Morgan fingerprint density at radius 2 is 1.74 bits per heavy atom. The number of amides is 1. The van der Waals surface area contributed by atoms with Gasteiger partial charge in [-0.25, -0.2) is 0 Å². The normalized spacial score (nSPS) is 11.1. The van der Waals surface area contributed by atoms with Crippen LogP contribution in [0.1, 0.15) is 22.3 Å². The Morgan fingerprint density at radius 3 is 2.21 bits per heavy atom. The molecule has 0 bridgehead atoms. The summed E-state index contributed by atoms with van der Waals surface area (Å²) in [5.74, 6) is -1.76. The second-order valence-corrected chi connectivity index (χ2v) is 3.89. The maximum atomic E-state index is 11.9. The first-order valence-electron chi connectivity index (χ1n) is 5.43. The van der Waals surface area contributed by atoms with Gasteiger partial charge in [-0.05, 0) is 24.1 Å².